The highest BCUT2D eigenvalue weighted by molar-refractivity contribution is 6.39. The Balaban J connectivity index is 1.99. The first-order chi connectivity index (χ1) is 9.47. The number of carbonyl (C=O) groups is 2. The van der Waals surface area contributed by atoms with E-state index in [1.54, 1.807) is 0 Å². The molecule has 0 bridgehead atoms. The van der Waals surface area contributed by atoms with Gasteiger partial charge in [0.1, 0.15) is 11.6 Å². The average Bonchev–Trinajstić information content (AvgIpc) is 2.42. The molecule has 1 heterocycles. The van der Waals surface area contributed by atoms with Crippen LogP contribution in [0.2, 0.25) is 0 Å². The number of nitrogens with one attached hydrogen (secondary N) is 1. The summed E-state index contributed by atoms with van der Waals surface area (Å²) in [5.74, 6) is -3.48. The Bertz CT molecular complexity index is 528. The number of aliphatic hydroxyl groups is 1. The van der Waals surface area contributed by atoms with Gasteiger partial charge < -0.3 is 15.3 Å². The Morgan fingerprint density at radius 2 is 1.90 bits per heavy atom. The molecule has 0 aliphatic carbocycles. The summed E-state index contributed by atoms with van der Waals surface area (Å²) < 4.78 is 26.1. The minimum absolute atomic E-state index is 0.248. The van der Waals surface area contributed by atoms with Crippen LogP contribution in [0.1, 0.15) is 12.8 Å². The van der Waals surface area contributed by atoms with Crippen molar-refractivity contribution in [1.29, 1.82) is 0 Å². The van der Waals surface area contributed by atoms with Crippen molar-refractivity contribution in [2.75, 3.05) is 18.4 Å². The fourth-order valence-corrected chi connectivity index (χ4v) is 1.98. The minimum atomic E-state index is -0.980. The minimum Gasteiger partial charge on any atom is -0.393 e. The van der Waals surface area contributed by atoms with Crippen LogP contribution in [0.15, 0.2) is 18.2 Å². The largest absolute Gasteiger partial charge is 0.393 e. The van der Waals surface area contributed by atoms with E-state index in [4.69, 9.17) is 0 Å². The van der Waals surface area contributed by atoms with Gasteiger partial charge in [0.2, 0.25) is 0 Å². The smallest absolute Gasteiger partial charge is 0.313 e. The number of carbonyl (C=O) groups excluding carboxylic acids is 2. The highest BCUT2D eigenvalue weighted by Gasteiger charge is 2.26. The summed E-state index contributed by atoms with van der Waals surface area (Å²) in [7, 11) is 0. The highest BCUT2D eigenvalue weighted by atomic mass is 19.1. The molecule has 1 aliphatic rings. The maximum atomic E-state index is 13.4. The summed E-state index contributed by atoms with van der Waals surface area (Å²) in [5.41, 5.74) is -0.248. The van der Waals surface area contributed by atoms with Crippen LogP contribution < -0.4 is 5.32 Å². The van der Waals surface area contributed by atoms with Crippen LogP contribution >= 0.6 is 0 Å². The van der Waals surface area contributed by atoms with E-state index in [0.717, 1.165) is 12.1 Å². The summed E-state index contributed by atoms with van der Waals surface area (Å²) >= 11 is 0. The van der Waals surface area contributed by atoms with Gasteiger partial charge in [0.25, 0.3) is 0 Å². The fraction of sp³-hybridized carbons (Fsp3) is 0.385. The third-order valence-corrected chi connectivity index (χ3v) is 3.13. The van der Waals surface area contributed by atoms with Crippen molar-refractivity contribution >= 4 is 17.5 Å². The van der Waals surface area contributed by atoms with Crippen molar-refractivity contribution < 1.29 is 23.5 Å². The monoisotopic (exact) mass is 284 g/mol. The van der Waals surface area contributed by atoms with E-state index >= 15 is 0 Å². The lowest BCUT2D eigenvalue weighted by Gasteiger charge is -2.28. The van der Waals surface area contributed by atoms with Crippen LogP contribution in [0.4, 0.5) is 14.5 Å². The molecule has 108 valence electrons. The van der Waals surface area contributed by atoms with Gasteiger partial charge in [0.15, 0.2) is 0 Å². The summed E-state index contributed by atoms with van der Waals surface area (Å²) in [6.07, 6.45) is 0.352. The second kappa shape index (κ2) is 5.96. The molecule has 1 fully saturated rings. The molecule has 2 rings (SSSR count). The van der Waals surface area contributed by atoms with Gasteiger partial charge in [-0.05, 0) is 25.0 Å². The Kier molecular flexibility index (Phi) is 4.29. The topological polar surface area (TPSA) is 69.6 Å². The molecule has 7 heteroatoms. The third kappa shape index (κ3) is 3.30. The van der Waals surface area contributed by atoms with Gasteiger partial charge in [-0.3, -0.25) is 9.59 Å². The summed E-state index contributed by atoms with van der Waals surface area (Å²) in [6, 6.07) is 2.66. The Hall–Kier alpha value is -2.02. The molecular weight excluding hydrogens is 270 g/mol. The van der Waals surface area contributed by atoms with Gasteiger partial charge in [0.05, 0.1) is 11.8 Å². The molecule has 20 heavy (non-hydrogen) atoms. The van der Waals surface area contributed by atoms with E-state index in [1.165, 1.54) is 4.90 Å². The van der Waals surface area contributed by atoms with Crippen LogP contribution in [0, 0.1) is 11.6 Å². The van der Waals surface area contributed by atoms with Crippen LogP contribution in [0.3, 0.4) is 0 Å². The van der Waals surface area contributed by atoms with Crippen LogP contribution in [0.25, 0.3) is 0 Å². The molecule has 0 unspecified atom stereocenters. The highest BCUT2D eigenvalue weighted by Crippen LogP contribution is 2.16. The number of piperidine rings is 1. The zero-order chi connectivity index (χ0) is 14.7. The lowest BCUT2D eigenvalue weighted by Crippen LogP contribution is -2.45. The van der Waals surface area contributed by atoms with E-state index in [9.17, 15) is 23.5 Å². The van der Waals surface area contributed by atoms with Crippen molar-refractivity contribution in [1.82, 2.24) is 4.90 Å². The first-order valence-electron chi connectivity index (χ1n) is 6.21. The van der Waals surface area contributed by atoms with Crippen LogP contribution in [-0.2, 0) is 9.59 Å². The van der Waals surface area contributed by atoms with E-state index in [0.29, 0.717) is 18.9 Å². The molecule has 0 radical (unpaired) electrons. The van der Waals surface area contributed by atoms with Gasteiger partial charge in [-0.15, -0.1) is 0 Å². The van der Waals surface area contributed by atoms with Gasteiger partial charge in [-0.25, -0.2) is 8.78 Å². The molecule has 2 N–H and O–H groups in total. The zero-order valence-electron chi connectivity index (χ0n) is 10.6. The Morgan fingerprint density at radius 3 is 2.50 bits per heavy atom. The van der Waals surface area contributed by atoms with Crippen LogP contribution in [0.5, 0.6) is 0 Å². The maximum absolute atomic E-state index is 13.4. The first-order valence-corrected chi connectivity index (χ1v) is 6.21. The van der Waals surface area contributed by atoms with Gasteiger partial charge in [-0.1, -0.05) is 0 Å². The molecule has 1 saturated heterocycles. The predicted octanol–water partition coefficient (Wildman–Crippen LogP) is 0.887. The van der Waals surface area contributed by atoms with Gasteiger partial charge >= 0.3 is 11.8 Å². The predicted molar refractivity (Wildman–Crippen MR) is 66.8 cm³/mol. The fourth-order valence-electron chi connectivity index (χ4n) is 1.98. The third-order valence-electron chi connectivity index (χ3n) is 3.13. The van der Waals surface area contributed by atoms with Crippen molar-refractivity contribution in [2.45, 2.75) is 18.9 Å². The number of halogens is 2. The number of amides is 2. The average molecular weight is 284 g/mol. The molecule has 1 aliphatic heterocycles. The van der Waals surface area contributed by atoms with Crippen LogP contribution in [-0.4, -0.2) is 41.0 Å². The number of likely N-dealkylation sites (tertiary alicyclic amines) is 1. The lowest BCUT2D eigenvalue weighted by molar-refractivity contribution is -0.144. The quantitative estimate of drug-likeness (QED) is 0.752. The molecule has 1 aromatic carbocycles. The van der Waals surface area contributed by atoms with E-state index in [1.807, 2.05) is 0 Å². The molecule has 5 nitrogen and oxygen atoms in total. The van der Waals surface area contributed by atoms with Crippen molar-refractivity contribution in [2.24, 2.45) is 0 Å². The normalized spacial score (nSPS) is 16.1. The SMILES string of the molecule is O=C(Nc1ccc(F)cc1F)C(=O)N1CCC(O)CC1. The molecule has 1 aromatic rings. The van der Waals surface area contributed by atoms with Crippen molar-refractivity contribution in [3.05, 3.63) is 29.8 Å². The van der Waals surface area contributed by atoms with Gasteiger partial charge in [0, 0.05) is 19.2 Å². The number of hydrogen-bond acceptors (Lipinski definition) is 3. The van der Waals surface area contributed by atoms with E-state index < -0.39 is 29.6 Å². The maximum Gasteiger partial charge on any atom is 0.313 e. The van der Waals surface area contributed by atoms with Gasteiger partial charge in [-0.2, -0.15) is 0 Å². The molecule has 2 amide bonds. The Labute approximate surface area is 114 Å². The number of aliphatic hydroxyl groups excluding tert-OH is 1. The molecule has 0 aromatic heterocycles. The summed E-state index contributed by atoms with van der Waals surface area (Å²) in [5, 5.41) is 11.4. The molecule has 0 spiro atoms. The Morgan fingerprint density at radius 1 is 1.25 bits per heavy atom. The molecular formula is C13H14F2N2O3. The first kappa shape index (κ1) is 14.4. The van der Waals surface area contributed by atoms with E-state index in [-0.39, 0.29) is 18.8 Å². The van der Waals surface area contributed by atoms with Crippen molar-refractivity contribution in [3.8, 4) is 0 Å². The van der Waals surface area contributed by atoms with Crippen molar-refractivity contribution in [3.63, 3.8) is 0 Å². The number of rotatable bonds is 1. The molecule has 0 saturated carbocycles. The molecule has 0 atom stereocenters. The lowest BCUT2D eigenvalue weighted by atomic mass is 10.1. The number of nitrogens with zero attached hydrogens (tertiary/aromatic N) is 1. The number of hydrogen-bond donors (Lipinski definition) is 2. The van der Waals surface area contributed by atoms with E-state index in [2.05, 4.69) is 5.32 Å². The second-order valence-corrected chi connectivity index (χ2v) is 4.60. The second-order valence-electron chi connectivity index (χ2n) is 4.60. The zero-order valence-corrected chi connectivity index (χ0v) is 10.6. The number of anilines is 1. The number of benzene rings is 1. The standard InChI is InChI=1S/C13H14F2N2O3/c14-8-1-2-11(10(15)7-8)16-12(19)13(20)17-5-3-9(18)4-6-17/h1-2,7,9,18H,3-6H2,(H,16,19). The summed E-state index contributed by atoms with van der Waals surface area (Å²) in [6.45, 7) is 0.554. The summed E-state index contributed by atoms with van der Waals surface area (Å²) in [4.78, 5) is 24.8.